The number of carbonyl (C=O) groups excluding carboxylic acids is 2. The Kier molecular flexibility index (Phi) is 7.48. The van der Waals surface area contributed by atoms with E-state index in [9.17, 15) is 19.5 Å². The summed E-state index contributed by atoms with van der Waals surface area (Å²) in [5.74, 6) is -1.53. The van der Waals surface area contributed by atoms with Crippen molar-refractivity contribution in [1.29, 1.82) is 0 Å². The van der Waals surface area contributed by atoms with Crippen LogP contribution < -0.4 is 16.0 Å². The van der Waals surface area contributed by atoms with E-state index in [1.165, 1.54) is 24.8 Å². The molecular formula is C28H27N7O7. The van der Waals surface area contributed by atoms with Gasteiger partial charge >= 0.3 is 12.0 Å². The Balaban J connectivity index is 1.28. The minimum absolute atomic E-state index is 0.0148. The number of aromatic carboxylic acids is 1. The quantitative estimate of drug-likeness (QED) is 0.245. The van der Waals surface area contributed by atoms with E-state index in [2.05, 4.69) is 30.9 Å². The summed E-state index contributed by atoms with van der Waals surface area (Å²) in [6, 6.07) is 15.0. The van der Waals surface area contributed by atoms with Crippen molar-refractivity contribution >= 4 is 34.9 Å². The summed E-state index contributed by atoms with van der Waals surface area (Å²) < 4.78 is 20.7. The molecule has 4 unspecified atom stereocenters. The van der Waals surface area contributed by atoms with Crippen molar-refractivity contribution in [2.45, 2.75) is 37.8 Å². The fourth-order valence-electron chi connectivity index (χ4n) is 5.09. The third-order valence-electron chi connectivity index (χ3n) is 6.99. The molecule has 6 rings (SSSR count). The molecule has 5 atom stereocenters. The number of urea groups is 1. The molecular weight excluding hydrogens is 546 g/mol. The molecule has 14 nitrogen and oxygen atoms in total. The largest absolute Gasteiger partial charge is 0.478 e. The zero-order chi connectivity index (χ0) is 29.2. The van der Waals surface area contributed by atoms with Crippen LogP contribution in [0.3, 0.4) is 0 Å². The molecule has 4 heterocycles. The fourth-order valence-corrected chi connectivity index (χ4v) is 5.09. The molecule has 0 aliphatic carbocycles. The molecule has 0 spiro atoms. The van der Waals surface area contributed by atoms with Crippen LogP contribution in [0, 0.1) is 0 Å². The van der Waals surface area contributed by atoms with E-state index in [-0.39, 0.29) is 23.5 Å². The monoisotopic (exact) mass is 573 g/mol. The van der Waals surface area contributed by atoms with E-state index in [0.717, 1.165) is 5.56 Å². The average molecular weight is 574 g/mol. The van der Waals surface area contributed by atoms with E-state index in [1.807, 2.05) is 30.3 Å². The number of fused-ring (bicyclic) bond motifs is 2. The molecule has 4 N–H and O–H groups in total. The zero-order valence-electron chi connectivity index (χ0n) is 22.3. The molecule has 2 aromatic heterocycles. The van der Waals surface area contributed by atoms with Crippen molar-refractivity contribution in [1.82, 2.24) is 30.2 Å². The molecule has 42 heavy (non-hydrogen) atoms. The second-order valence-electron chi connectivity index (χ2n) is 9.60. The second-order valence-corrected chi connectivity index (χ2v) is 9.60. The minimum Gasteiger partial charge on any atom is -0.478 e. The lowest BCUT2D eigenvalue weighted by atomic mass is 10.1. The van der Waals surface area contributed by atoms with Gasteiger partial charge in [0, 0.05) is 18.7 Å². The molecule has 2 fully saturated rings. The molecule has 0 bridgehead atoms. The molecule has 14 heteroatoms. The Hall–Kier alpha value is -4.92. The van der Waals surface area contributed by atoms with Crippen molar-refractivity contribution in [2.24, 2.45) is 0 Å². The van der Waals surface area contributed by atoms with Gasteiger partial charge in [-0.25, -0.2) is 24.5 Å². The van der Waals surface area contributed by atoms with E-state index >= 15 is 0 Å². The van der Waals surface area contributed by atoms with E-state index in [0.29, 0.717) is 17.7 Å². The van der Waals surface area contributed by atoms with Crippen LogP contribution in [-0.2, 0) is 14.2 Å². The summed E-state index contributed by atoms with van der Waals surface area (Å²) in [7, 11) is 0. The summed E-state index contributed by atoms with van der Waals surface area (Å²) >= 11 is 0. The van der Waals surface area contributed by atoms with Gasteiger partial charge in [0.05, 0.1) is 17.5 Å². The molecule has 2 aromatic carbocycles. The highest BCUT2D eigenvalue weighted by Crippen LogP contribution is 2.44. The number of nitrogens with zero attached hydrogens (tertiary/aromatic N) is 4. The number of benzene rings is 2. The lowest BCUT2D eigenvalue weighted by Gasteiger charge is -2.22. The van der Waals surface area contributed by atoms with Crippen molar-refractivity contribution in [2.75, 3.05) is 18.4 Å². The Morgan fingerprint density at radius 2 is 1.64 bits per heavy atom. The van der Waals surface area contributed by atoms with Crippen LogP contribution in [0.25, 0.3) is 11.2 Å². The number of aromatic nitrogens is 4. The first-order valence-corrected chi connectivity index (χ1v) is 13.3. The average Bonchev–Trinajstić information content (AvgIpc) is 3.71. The first kappa shape index (κ1) is 27.3. The number of hydrogen-bond donors (Lipinski definition) is 4. The molecule has 0 radical (unpaired) electrons. The molecule has 2 saturated heterocycles. The second kappa shape index (κ2) is 11.5. The number of hydrogen-bond acceptors (Lipinski definition) is 9. The highest BCUT2D eigenvalue weighted by atomic mass is 16.8. The lowest BCUT2D eigenvalue weighted by molar-refractivity contribution is -0.146. The highest BCUT2D eigenvalue weighted by molar-refractivity contribution is 6.04. The number of carboxylic acids is 1. The van der Waals surface area contributed by atoms with Gasteiger partial charge in [0.2, 0.25) is 0 Å². The van der Waals surface area contributed by atoms with Crippen LogP contribution in [0.4, 0.5) is 10.6 Å². The molecule has 216 valence electrons. The number of carboxylic acid groups (broad SMARTS) is 1. The minimum atomic E-state index is -1.20. The number of ether oxygens (including phenoxy) is 3. The maximum Gasteiger partial charge on any atom is 0.336 e. The van der Waals surface area contributed by atoms with Crippen LogP contribution in [0.2, 0.25) is 0 Å². The van der Waals surface area contributed by atoms with Gasteiger partial charge in [-0.2, -0.15) is 0 Å². The Bertz CT molecular complexity index is 1630. The maximum absolute atomic E-state index is 13.0. The third kappa shape index (κ3) is 5.13. The number of rotatable bonds is 8. The summed E-state index contributed by atoms with van der Waals surface area (Å²) in [5, 5.41) is 17.6. The summed E-state index contributed by atoms with van der Waals surface area (Å²) in [5.41, 5.74) is 1.49. The van der Waals surface area contributed by atoms with Crippen molar-refractivity contribution in [3.05, 3.63) is 83.9 Å². The van der Waals surface area contributed by atoms with Gasteiger partial charge in [0.1, 0.15) is 24.6 Å². The zero-order valence-corrected chi connectivity index (χ0v) is 22.3. The number of nitrogens with one attached hydrogen (secondary N) is 3. The lowest BCUT2D eigenvalue weighted by Crippen LogP contribution is -2.39. The van der Waals surface area contributed by atoms with Gasteiger partial charge in [0.25, 0.3) is 5.91 Å². The number of anilines is 1. The van der Waals surface area contributed by atoms with E-state index in [4.69, 9.17) is 14.2 Å². The smallest absolute Gasteiger partial charge is 0.336 e. The van der Waals surface area contributed by atoms with E-state index < -0.39 is 48.7 Å². The Labute approximate surface area is 239 Å². The Morgan fingerprint density at radius 3 is 2.40 bits per heavy atom. The summed E-state index contributed by atoms with van der Waals surface area (Å²) in [6.07, 6.45) is -0.482. The van der Waals surface area contributed by atoms with Gasteiger partial charge in [0.15, 0.2) is 29.5 Å². The van der Waals surface area contributed by atoms with Gasteiger partial charge in [-0.3, -0.25) is 14.7 Å². The van der Waals surface area contributed by atoms with Crippen molar-refractivity contribution in [3.8, 4) is 0 Å². The van der Waals surface area contributed by atoms with Crippen LogP contribution in [-0.4, -0.2) is 73.9 Å². The normalized spacial score (nSPS) is 22.9. The molecule has 0 saturated carbocycles. The maximum atomic E-state index is 13.0. The molecule has 4 aromatic rings. The fraction of sp³-hybridized carbons (Fsp3) is 0.286. The number of imidazole rings is 1. The highest BCUT2D eigenvalue weighted by Gasteiger charge is 2.54. The number of carbonyl (C=O) groups is 3. The molecule has 3 amide bonds. The first-order valence-electron chi connectivity index (χ1n) is 13.3. The van der Waals surface area contributed by atoms with Gasteiger partial charge in [-0.15, -0.1) is 0 Å². The van der Waals surface area contributed by atoms with Gasteiger partial charge in [-0.05, 0) is 19.1 Å². The Morgan fingerprint density at radius 1 is 0.905 bits per heavy atom. The number of amides is 3. The van der Waals surface area contributed by atoms with E-state index in [1.54, 1.807) is 23.6 Å². The topological polar surface area (TPSA) is 179 Å². The predicted molar refractivity (Wildman–Crippen MR) is 147 cm³/mol. The standard InChI is InChI=1S/C28H27N7O7/c1-2-29-28(39)34-22-19-23(32-13-31-22)35(14-33-19)25-21-20(41-27(42-21)15-8-4-3-5-9-15)18(40-25)12-30-24(36)16-10-6-7-11-17(16)26(37)38/h3-11,13-14,18,20-21,25,27H,2,12H2,1H3,(H,30,36)(H,37,38)(H2,29,31,32,34,39)/t18?,20?,21?,25?,27-/m0/s1. The predicted octanol–water partition coefficient (Wildman–Crippen LogP) is 2.48. The van der Waals surface area contributed by atoms with Gasteiger partial charge < -0.3 is 30.0 Å². The van der Waals surface area contributed by atoms with Crippen LogP contribution >= 0.6 is 0 Å². The van der Waals surface area contributed by atoms with Crippen LogP contribution in [0.5, 0.6) is 0 Å². The van der Waals surface area contributed by atoms with Gasteiger partial charge in [-0.1, -0.05) is 42.5 Å². The SMILES string of the molecule is CCNC(=O)Nc1ncnc2c1ncn2C1OC(CNC(=O)c2ccccc2C(=O)O)C2O[C@H](c3ccccc3)OC21. The van der Waals surface area contributed by atoms with Crippen molar-refractivity contribution in [3.63, 3.8) is 0 Å². The molecule has 2 aliphatic heterocycles. The van der Waals surface area contributed by atoms with Crippen LogP contribution in [0.15, 0.2) is 67.3 Å². The third-order valence-corrected chi connectivity index (χ3v) is 6.99. The van der Waals surface area contributed by atoms with Crippen LogP contribution in [0.1, 0.15) is 45.7 Å². The molecule has 2 aliphatic rings. The summed E-state index contributed by atoms with van der Waals surface area (Å²) in [6.45, 7) is 2.25. The summed E-state index contributed by atoms with van der Waals surface area (Å²) in [4.78, 5) is 49.7. The first-order chi connectivity index (χ1) is 20.4. The van der Waals surface area contributed by atoms with Crippen molar-refractivity contribution < 1.29 is 33.7 Å².